The minimum Gasteiger partial charge on any atom is -0.355 e. The van der Waals surface area contributed by atoms with E-state index in [4.69, 9.17) is 9.47 Å². The molecule has 0 bridgehead atoms. The van der Waals surface area contributed by atoms with Crippen LogP contribution in [0.4, 0.5) is 0 Å². The molecule has 1 fully saturated rings. The molecular weight excluding hydrogens is 108 g/mol. The Bertz CT molecular complexity index is 75.7. The second kappa shape index (κ2) is 2.79. The van der Waals surface area contributed by atoms with Gasteiger partial charge in [0.1, 0.15) is 19.2 Å². The molecule has 3 heteroatoms. The first-order valence-corrected chi connectivity index (χ1v) is 2.58. The molecule has 3 nitrogen and oxygen atoms in total. The average Bonchev–Trinajstić information content (AvgIpc) is 1.90. The lowest BCUT2D eigenvalue weighted by Crippen LogP contribution is -2.24. The molecule has 1 aliphatic rings. The number of aldehydes is 1. The summed E-state index contributed by atoms with van der Waals surface area (Å²) in [5.74, 6) is 0. The minimum absolute atomic E-state index is 0.219. The molecule has 1 atom stereocenters. The highest BCUT2D eigenvalue weighted by atomic mass is 16.7. The Hall–Kier alpha value is -0.410. The van der Waals surface area contributed by atoms with E-state index in [1.54, 1.807) is 0 Å². The van der Waals surface area contributed by atoms with E-state index in [1.165, 1.54) is 0 Å². The van der Waals surface area contributed by atoms with Crippen LogP contribution in [0.25, 0.3) is 0 Å². The van der Waals surface area contributed by atoms with Crippen molar-refractivity contribution in [3.05, 3.63) is 0 Å². The number of carbonyl (C=O) groups is 1. The van der Waals surface area contributed by atoms with Crippen molar-refractivity contribution in [3.8, 4) is 0 Å². The fourth-order valence-corrected chi connectivity index (χ4v) is 0.585. The predicted molar refractivity (Wildman–Crippen MR) is 26.4 cm³/mol. The van der Waals surface area contributed by atoms with E-state index >= 15 is 0 Å². The molecule has 0 aromatic carbocycles. The average molecular weight is 116 g/mol. The maximum Gasteiger partial charge on any atom is 0.148 e. The van der Waals surface area contributed by atoms with Gasteiger partial charge in [0.05, 0.1) is 6.61 Å². The monoisotopic (exact) mass is 116 g/mol. The number of ether oxygens (including phenoxy) is 2. The molecule has 1 rings (SSSR count). The second-order valence-electron chi connectivity index (χ2n) is 1.66. The van der Waals surface area contributed by atoms with Gasteiger partial charge in [0, 0.05) is 6.42 Å². The zero-order chi connectivity index (χ0) is 5.82. The van der Waals surface area contributed by atoms with Gasteiger partial charge in [0.25, 0.3) is 0 Å². The Balaban J connectivity index is 2.22. The van der Waals surface area contributed by atoms with Crippen LogP contribution in [0.5, 0.6) is 0 Å². The summed E-state index contributed by atoms with van der Waals surface area (Å²) in [6, 6.07) is 0. The smallest absolute Gasteiger partial charge is 0.148 e. The van der Waals surface area contributed by atoms with Gasteiger partial charge in [0.2, 0.25) is 0 Å². The van der Waals surface area contributed by atoms with E-state index in [-0.39, 0.29) is 12.9 Å². The van der Waals surface area contributed by atoms with Gasteiger partial charge in [-0.15, -0.1) is 0 Å². The van der Waals surface area contributed by atoms with Gasteiger partial charge in [0.15, 0.2) is 0 Å². The standard InChI is InChI=1S/C5H8O3/c6-3-5-1-2-7-4-8-5/h3,5H,1-2,4H2. The highest BCUT2D eigenvalue weighted by molar-refractivity contribution is 5.55. The van der Waals surface area contributed by atoms with Crippen molar-refractivity contribution in [2.45, 2.75) is 12.5 Å². The van der Waals surface area contributed by atoms with Crippen molar-refractivity contribution < 1.29 is 14.3 Å². The van der Waals surface area contributed by atoms with Crippen LogP contribution in [-0.4, -0.2) is 25.8 Å². The maximum absolute atomic E-state index is 9.98. The molecule has 0 saturated carbocycles. The van der Waals surface area contributed by atoms with Gasteiger partial charge in [-0.2, -0.15) is 0 Å². The molecule has 46 valence electrons. The molecule has 1 saturated heterocycles. The number of hydrogen-bond acceptors (Lipinski definition) is 3. The van der Waals surface area contributed by atoms with E-state index in [0.29, 0.717) is 13.0 Å². The third-order valence-corrected chi connectivity index (χ3v) is 1.06. The summed E-state index contributed by atoms with van der Waals surface area (Å²) in [4.78, 5) is 9.98. The summed E-state index contributed by atoms with van der Waals surface area (Å²) in [5, 5.41) is 0. The highest BCUT2D eigenvalue weighted by Crippen LogP contribution is 2.01. The molecule has 1 unspecified atom stereocenters. The minimum atomic E-state index is -0.219. The first kappa shape index (κ1) is 5.72. The molecule has 0 aromatic heterocycles. The van der Waals surface area contributed by atoms with Crippen LogP contribution in [0.1, 0.15) is 6.42 Å². The predicted octanol–water partition coefficient (Wildman–Crippen LogP) is -0.0517. The maximum atomic E-state index is 9.98. The number of hydrogen-bond donors (Lipinski definition) is 0. The Morgan fingerprint density at radius 2 is 2.50 bits per heavy atom. The molecule has 1 heterocycles. The summed E-state index contributed by atoms with van der Waals surface area (Å²) in [5.41, 5.74) is 0. The van der Waals surface area contributed by atoms with Gasteiger partial charge in [-0.05, 0) is 0 Å². The van der Waals surface area contributed by atoms with Crippen LogP contribution in [0.15, 0.2) is 0 Å². The molecule has 0 N–H and O–H groups in total. The Morgan fingerprint density at radius 1 is 1.62 bits per heavy atom. The Labute approximate surface area is 47.6 Å². The fourth-order valence-electron chi connectivity index (χ4n) is 0.585. The van der Waals surface area contributed by atoms with Crippen molar-refractivity contribution in [2.24, 2.45) is 0 Å². The zero-order valence-corrected chi connectivity index (χ0v) is 4.50. The van der Waals surface area contributed by atoms with Gasteiger partial charge in [-0.3, -0.25) is 0 Å². The largest absolute Gasteiger partial charge is 0.355 e. The van der Waals surface area contributed by atoms with Gasteiger partial charge in [-0.1, -0.05) is 0 Å². The molecule has 0 aliphatic carbocycles. The van der Waals surface area contributed by atoms with Crippen molar-refractivity contribution in [1.82, 2.24) is 0 Å². The van der Waals surface area contributed by atoms with Gasteiger partial charge < -0.3 is 14.3 Å². The first-order valence-electron chi connectivity index (χ1n) is 2.58. The quantitative estimate of drug-likeness (QED) is 0.450. The third-order valence-electron chi connectivity index (χ3n) is 1.06. The molecule has 0 radical (unpaired) electrons. The summed E-state index contributed by atoms with van der Waals surface area (Å²) in [7, 11) is 0. The second-order valence-corrected chi connectivity index (χ2v) is 1.66. The van der Waals surface area contributed by atoms with Gasteiger partial charge >= 0.3 is 0 Å². The lowest BCUT2D eigenvalue weighted by molar-refractivity contribution is -0.151. The van der Waals surface area contributed by atoms with Crippen molar-refractivity contribution in [1.29, 1.82) is 0 Å². The summed E-state index contributed by atoms with van der Waals surface area (Å²) in [6.07, 6.45) is 1.29. The number of rotatable bonds is 1. The molecule has 1 aliphatic heterocycles. The summed E-state index contributed by atoms with van der Waals surface area (Å²) in [6.45, 7) is 0.910. The Kier molecular flexibility index (Phi) is 2.00. The van der Waals surface area contributed by atoms with Crippen LogP contribution >= 0.6 is 0 Å². The van der Waals surface area contributed by atoms with Crippen LogP contribution in [-0.2, 0) is 14.3 Å². The highest BCUT2D eigenvalue weighted by Gasteiger charge is 2.11. The summed E-state index contributed by atoms with van der Waals surface area (Å²) >= 11 is 0. The summed E-state index contributed by atoms with van der Waals surface area (Å²) < 4.78 is 9.66. The molecule has 0 spiro atoms. The van der Waals surface area contributed by atoms with Gasteiger partial charge in [-0.25, -0.2) is 0 Å². The first-order chi connectivity index (χ1) is 3.93. The van der Waals surface area contributed by atoms with E-state index in [2.05, 4.69) is 0 Å². The molecular formula is C5H8O3. The van der Waals surface area contributed by atoms with E-state index < -0.39 is 0 Å². The van der Waals surface area contributed by atoms with Crippen LogP contribution < -0.4 is 0 Å². The number of carbonyl (C=O) groups excluding carboxylic acids is 1. The Morgan fingerprint density at radius 3 is 2.88 bits per heavy atom. The van der Waals surface area contributed by atoms with Crippen molar-refractivity contribution in [2.75, 3.05) is 13.4 Å². The van der Waals surface area contributed by atoms with Crippen molar-refractivity contribution in [3.63, 3.8) is 0 Å². The lowest BCUT2D eigenvalue weighted by atomic mass is 10.3. The lowest BCUT2D eigenvalue weighted by Gasteiger charge is -2.16. The van der Waals surface area contributed by atoms with E-state index in [0.717, 1.165) is 6.29 Å². The zero-order valence-electron chi connectivity index (χ0n) is 4.50. The SMILES string of the molecule is O=CC1CCOCO1. The van der Waals surface area contributed by atoms with E-state index in [9.17, 15) is 4.79 Å². The molecule has 8 heavy (non-hydrogen) atoms. The van der Waals surface area contributed by atoms with E-state index in [1.807, 2.05) is 0 Å². The fraction of sp³-hybridized carbons (Fsp3) is 0.800. The molecule has 0 amide bonds. The normalized spacial score (nSPS) is 29.8. The van der Waals surface area contributed by atoms with Crippen LogP contribution in [0.3, 0.4) is 0 Å². The van der Waals surface area contributed by atoms with Crippen molar-refractivity contribution >= 4 is 6.29 Å². The van der Waals surface area contributed by atoms with Crippen LogP contribution in [0, 0.1) is 0 Å². The topological polar surface area (TPSA) is 35.5 Å². The van der Waals surface area contributed by atoms with Crippen LogP contribution in [0.2, 0.25) is 0 Å². The third kappa shape index (κ3) is 1.28. The molecule has 0 aromatic rings.